The topological polar surface area (TPSA) is 64.4 Å². The highest BCUT2D eigenvalue weighted by Gasteiger charge is 2.18. The molecule has 3 rings (SSSR count). The Kier molecular flexibility index (Phi) is 3.64. The Hall–Kier alpha value is -2.30. The van der Waals surface area contributed by atoms with E-state index >= 15 is 0 Å². The fourth-order valence-electron chi connectivity index (χ4n) is 2.53. The van der Waals surface area contributed by atoms with Gasteiger partial charge in [-0.1, -0.05) is 11.2 Å². The summed E-state index contributed by atoms with van der Waals surface area (Å²) in [7, 11) is 0. The second kappa shape index (κ2) is 5.60. The van der Waals surface area contributed by atoms with Crippen LogP contribution in [-0.2, 0) is 17.6 Å². The Morgan fingerprint density at radius 3 is 2.90 bits per heavy atom. The number of aryl methyl sites for hydroxylation is 3. The molecule has 0 spiro atoms. The lowest BCUT2D eigenvalue weighted by Gasteiger charge is -2.14. The van der Waals surface area contributed by atoms with Gasteiger partial charge in [-0.15, -0.1) is 0 Å². The minimum Gasteiger partial charge on any atom is -0.481 e. The lowest BCUT2D eigenvalue weighted by molar-refractivity contribution is -0.122. The summed E-state index contributed by atoms with van der Waals surface area (Å²) in [6.07, 6.45) is 2.82. The molecule has 0 radical (unpaired) electrons. The van der Waals surface area contributed by atoms with Crippen molar-refractivity contribution in [3.05, 3.63) is 41.2 Å². The SMILES string of the molecule is Cc1cc(NC(=O)[C@@H](C)Oc2ccc3c(c2)CCC3)no1. The van der Waals surface area contributed by atoms with Gasteiger partial charge in [0.2, 0.25) is 0 Å². The van der Waals surface area contributed by atoms with Gasteiger partial charge >= 0.3 is 0 Å². The first-order chi connectivity index (χ1) is 10.1. The van der Waals surface area contributed by atoms with Gasteiger partial charge in [-0.25, -0.2) is 0 Å². The van der Waals surface area contributed by atoms with Crippen molar-refractivity contribution in [2.45, 2.75) is 39.2 Å². The summed E-state index contributed by atoms with van der Waals surface area (Å²) in [5.74, 6) is 1.54. The molecule has 1 N–H and O–H groups in total. The second-order valence-electron chi connectivity index (χ2n) is 5.36. The van der Waals surface area contributed by atoms with Crippen LogP contribution >= 0.6 is 0 Å². The van der Waals surface area contributed by atoms with Crippen molar-refractivity contribution in [3.8, 4) is 5.75 Å². The molecule has 1 amide bonds. The van der Waals surface area contributed by atoms with E-state index in [-0.39, 0.29) is 5.91 Å². The summed E-state index contributed by atoms with van der Waals surface area (Å²) in [6.45, 7) is 3.49. The molecule has 0 saturated carbocycles. The van der Waals surface area contributed by atoms with E-state index in [1.54, 1.807) is 19.9 Å². The first kappa shape index (κ1) is 13.7. The number of aromatic nitrogens is 1. The molecule has 0 unspecified atom stereocenters. The minimum absolute atomic E-state index is 0.246. The Labute approximate surface area is 123 Å². The van der Waals surface area contributed by atoms with Crippen molar-refractivity contribution < 1.29 is 14.1 Å². The zero-order valence-corrected chi connectivity index (χ0v) is 12.2. The van der Waals surface area contributed by atoms with Crippen molar-refractivity contribution in [2.24, 2.45) is 0 Å². The molecule has 1 aromatic heterocycles. The molecule has 0 bridgehead atoms. The van der Waals surface area contributed by atoms with Crippen LogP contribution in [0.5, 0.6) is 5.75 Å². The van der Waals surface area contributed by atoms with Crippen LogP contribution in [0, 0.1) is 6.92 Å². The van der Waals surface area contributed by atoms with Gasteiger partial charge in [-0.3, -0.25) is 4.79 Å². The van der Waals surface area contributed by atoms with Crippen LogP contribution in [-0.4, -0.2) is 17.2 Å². The van der Waals surface area contributed by atoms with Crippen LogP contribution in [0.15, 0.2) is 28.8 Å². The Morgan fingerprint density at radius 2 is 2.14 bits per heavy atom. The second-order valence-corrected chi connectivity index (χ2v) is 5.36. The van der Waals surface area contributed by atoms with Crippen LogP contribution in [0.25, 0.3) is 0 Å². The standard InChI is InChI=1S/C16H18N2O3/c1-10-8-15(18-21-10)17-16(19)11(2)20-14-7-6-12-4-3-5-13(12)9-14/h6-9,11H,3-5H2,1-2H3,(H,17,18,19)/t11-/m1/s1. The molecule has 2 aromatic rings. The number of amides is 1. The maximum Gasteiger partial charge on any atom is 0.266 e. The highest BCUT2D eigenvalue weighted by atomic mass is 16.5. The van der Waals surface area contributed by atoms with Crippen LogP contribution in [0.3, 0.4) is 0 Å². The minimum atomic E-state index is -0.596. The average Bonchev–Trinajstić information content (AvgIpc) is 3.07. The molecule has 21 heavy (non-hydrogen) atoms. The number of fused-ring (bicyclic) bond motifs is 1. The van der Waals surface area contributed by atoms with Gasteiger partial charge < -0.3 is 14.6 Å². The molecule has 1 aliphatic carbocycles. The number of carbonyl (C=O) groups is 1. The number of anilines is 1. The van der Waals surface area contributed by atoms with Crippen LogP contribution < -0.4 is 10.1 Å². The van der Waals surface area contributed by atoms with E-state index in [0.717, 1.165) is 18.6 Å². The fraction of sp³-hybridized carbons (Fsp3) is 0.375. The number of rotatable bonds is 4. The molecule has 5 heteroatoms. The maximum absolute atomic E-state index is 12.0. The monoisotopic (exact) mass is 286 g/mol. The van der Waals surface area contributed by atoms with Crippen molar-refractivity contribution in [1.29, 1.82) is 0 Å². The summed E-state index contributed by atoms with van der Waals surface area (Å²) < 4.78 is 10.6. The molecule has 0 saturated heterocycles. The quantitative estimate of drug-likeness (QED) is 0.938. The van der Waals surface area contributed by atoms with Gasteiger partial charge in [0.15, 0.2) is 11.9 Å². The van der Waals surface area contributed by atoms with Crippen LogP contribution in [0.4, 0.5) is 5.82 Å². The van der Waals surface area contributed by atoms with Gasteiger partial charge in [0, 0.05) is 6.07 Å². The zero-order chi connectivity index (χ0) is 14.8. The molecule has 1 aromatic carbocycles. The number of hydrogen-bond donors (Lipinski definition) is 1. The number of nitrogens with one attached hydrogen (secondary N) is 1. The summed E-state index contributed by atoms with van der Waals surface area (Å²) >= 11 is 0. The molecule has 110 valence electrons. The van der Waals surface area contributed by atoms with Crippen molar-refractivity contribution in [1.82, 2.24) is 5.16 Å². The van der Waals surface area contributed by atoms with Crippen molar-refractivity contribution in [2.75, 3.05) is 5.32 Å². The molecule has 5 nitrogen and oxygen atoms in total. The molecule has 1 atom stereocenters. The average molecular weight is 286 g/mol. The first-order valence-corrected chi connectivity index (χ1v) is 7.14. The van der Waals surface area contributed by atoms with E-state index in [4.69, 9.17) is 9.26 Å². The zero-order valence-electron chi connectivity index (χ0n) is 12.2. The largest absolute Gasteiger partial charge is 0.481 e. The predicted octanol–water partition coefficient (Wildman–Crippen LogP) is 2.88. The fourth-order valence-corrected chi connectivity index (χ4v) is 2.53. The summed E-state index contributed by atoms with van der Waals surface area (Å²) in [6, 6.07) is 7.71. The third kappa shape index (κ3) is 3.07. The normalized spacial score (nSPS) is 14.6. The van der Waals surface area contributed by atoms with E-state index in [0.29, 0.717) is 11.6 Å². The number of carbonyl (C=O) groups excluding carboxylic acids is 1. The third-order valence-corrected chi connectivity index (χ3v) is 3.63. The van der Waals surface area contributed by atoms with E-state index < -0.39 is 6.10 Å². The lowest BCUT2D eigenvalue weighted by Crippen LogP contribution is -2.30. The highest BCUT2D eigenvalue weighted by molar-refractivity contribution is 5.93. The number of ether oxygens (including phenoxy) is 1. The third-order valence-electron chi connectivity index (χ3n) is 3.63. The van der Waals surface area contributed by atoms with E-state index in [1.165, 1.54) is 17.5 Å². The molecular weight excluding hydrogens is 268 g/mol. The van der Waals surface area contributed by atoms with Crippen molar-refractivity contribution in [3.63, 3.8) is 0 Å². The summed E-state index contributed by atoms with van der Waals surface area (Å²) in [5.41, 5.74) is 2.71. The molecule has 1 aliphatic rings. The van der Waals surface area contributed by atoms with Gasteiger partial charge in [0.1, 0.15) is 11.5 Å². The Morgan fingerprint density at radius 1 is 1.33 bits per heavy atom. The maximum atomic E-state index is 12.0. The first-order valence-electron chi connectivity index (χ1n) is 7.14. The van der Waals surface area contributed by atoms with Gasteiger partial charge in [0.25, 0.3) is 5.91 Å². The number of nitrogens with zero attached hydrogens (tertiary/aromatic N) is 1. The van der Waals surface area contributed by atoms with E-state index in [9.17, 15) is 4.79 Å². The Bertz CT molecular complexity index is 663. The van der Waals surface area contributed by atoms with Crippen LogP contribution in [0.2, 0.25) is 0 Å². The van der Waals surface area contributed by atoms with Crippen LogP contribution in [0.1, 0.15) is 30.2 Å². The summed E-state index contributed by atoms with van der Waals surface area (Å²) in [4.78, 5) is 12.0. The van der Waals surface area contributed by atoms with E-state index in [1.807, 2.05) is 12.1 Å². The van der Waals surface area contributed by atoms with E-state index in [2.05, 4.69) is 16.5 Å². The van der Waals surface area contributed by atoms with Gasteiger partial charge in [0.05, 0.1) is 0 Å². The van der Waals surface area contributed by atoms with Gasteiger partial charge in [-0.05, 0) is 56.4 Å². The Balaban J connectivity index is 1.62. The number of benzene rings is 1. The number of hydrogen-bond acceptors (Lipinski definition) is 4. The smallest absolute Gasteiger partial charge is 0.266 e. The predicted molar refractivity (Wildman–Crippen MR) is 78.4 cm³/mol. The molecule has 0 fully saturated rings. The van der Waals surface area contributed by atoms with Crippen molar-refractivity contribution >= 4 is 11.7 Å². The lowest BCUT2D eigenvalue weighted by atomic mass is 10.1. The van der Waals surface area contributed by atoms with Gasteiger partial charge in [-0.2, -0.15) is 0 Å². The molecule has 0 aliphatic heterocycles. The molecule has 1 heterocycles. The summed E-state index contributed by atoms with van der Waals surface area (Å²) in [5, 5.41) is 6.40. The highest BCUT2D eigenvalue weighted by Crippen LogP contribution is 2.26. The molecular formula is C16H18N2O3.